The Kier molecular flexibility index (Phi) is 20.5. The minimum absolute atomic E-state index is 0.378. The number of benzene rings is 2. The third kappa shape index (κ3) is 19.6. The van der Waals surface area contributed by atoms with Crippen molar-refractivity contribution < 1.29 is 38.1 Å². The van der Waals surface area contributed by atoms with Gasteiger partial charge in [-0.1, -0.05) is 44.3 Å². The maximum Gasteiger partial charge on any atom is 0.414 e. The summed E-state index contributed by atoms with van der Waals surface area (Å²) in [6, 6.07) is 7.96. The van der Waals surface area contributed by atoms with Crippen LogP contribution in [0.15, 0.2) is 81.1 Å². The van der Waals surface area contributed by atoms with Gasteiger partial charge in [0.25, 0.3) is 0 Å². The molecule has 0 aromatic heterocycles. The van der Waals surface area contributed by atoms with E-state index >= 15 is 0 Å². The Balaban J connectivity index is 1.35. The van der Waals surface area contributed by atoms with Gasteiger partial charge in [-0.3, -0.25) is 30.4 Å². The van der Waals surface area contributed by atoms with Crippen molar-refractivity contribution in [1.29, 1.82) is 0 Å². The Labute approximate surface area is 436 Å². The quantitative estimate of drug-likeness (QED) is 0.124. The molecule has 0 fully saturated rings. The average molecular weight is 1010 g/mol. The number of nitrogens with one attached hydrogen (secondary N) is 2. The van der Waals surface area contributed by atoms with Gasteiger partial charge in [0, 0.05) is 48.7 Å². The second kappa shape index (κ2) is 25.2. The van der Waals surface area contributed by atoms with Crippen molar-refractivity contribution in [2.24, 2.45) is 9.98 Å². The van der Waals surface area contributed by atoms with E-state index in [2.05, 4.69) is 10.6 Å². The lowest BCUT2D eigenvalue weighted by Gasteiger charge is -2.29. The van der Waals surface area contributed by atoms with Crippen LogP contribution in [0.5, 0.6) is 0 Å². The molecule has 0 bridgehead atoms. The number of ether oxygens (including phenoxy) is 4. The molecule has 4 rings (SSSR count). The zero-order chi connectivity index (χ0) is 54.6. The van der Waals surface area contributed by atoms with Crippen LogP contribution >= 0.6 is 0 Å². The molecule has 0 unspecified atom stereocenters. The Hall–Kier alpha value is -6.18. The van der Waals surface area contributed by atoms with Gasteiger partial charge in [-0.15, -0.1) is 0 Å². The van der Waals surface area contributed by atoms with E-state index in [1.807, 2.05) is 173 Å². The maximum atomic E-state index is 13.7. The minimum Gasteiger partial charge on any atom is -0.444 e. The summed E-state index contributed by atoms with van der Waals surface area (Å²) in [6.07, 6.45) is 13.7. The highest BCUT2D eigenvalue weighted by Crippen LogP contribution is 2.34. The summed E-state index contributed by atoms with van der Waals surface area (Å²) >= 11 is 0. The van der Waals surface area contributed by atoms with Crippen molar-refractivity contribution in [1.82, 2.24) is 10.6 Å². The molecule has 4 amide bonds. The summed E-state index contributed by atoms with van der Waals surface area (Å²) < 4.78 is 22.7. The van der Waals surface area contributed by atoms with Crippen LogP contribution in [0.4, 0.5) is 41.9 Å². The SMILES string of the molecule is CC1=CC(=Nc2cc(C)c(N(CCCCCCCCCN(C(=O)OC(C)(C)C)c3ccc(N=C4C=C(C)C(NC(=O)OC(C)(C)C)=CC4)c(C)c3C)C(=O)OC(C)(C)C)cc2C)CC=C1NC(=O)OC(C)(C)C. The molecular formula is C59H86N6O8. The van der Waals surface area contributed by atoms with Gasteiger partial charge in [-0.2, -0.15) is 0 Å². The molecule has 2 aromatic carbocycles. The van der Waals surface area contributed by atoms with E-state index in [0.29, 0.717) is 37.3 Å². The van der Waals surface area contributed by atoms with E-state index in [1.165, 1.54) is 0 Å². The van der Waals surface area contributed by atoms with Crippen molar-refractivity contribution in [3.8, 4) is 0 Å². The van der Waals surface area contributed by atoms with Gasteiger partial charge in [0.05, 0.1) is 22.7 Å². The second-order valence-corrected chi connectivity index (χ2v) is 23.3. The van der Waals surface area contributed by atoms with Gasteiger partial charge in [-0.05, 0) is 207 Å². The van der Waals surface area contributed by atoms with Crippen molar-refractivity contribution in [2.75, 3.05) is 22.9 Å². The standard InChI is InChI=1S/C59H86N6O8/c1-38-34-44(26-28-46(38)62-52(66)70-56(7,8)9)60-48-30-31-50(43(6)42(48)5)64(54(68)72-58(13,14)15)32-24-22-20-19-21-23-25-33-65(55(69)73-59(16,17)18)51-37-40(3)49(36-41(51)4)61-45-27-29-47(39(2)35-45)63-53(67)71-57(10,11)12/h28-31,34-37H,19-27,32-33H2,1-18H3,(H,62,66)(H,63,67). The number of anilines is 2. The molecule has 0 atom stereocenters. The topological polar surface area (TPSA) is 160 Å². The van der Waals surface area contributed by atoms with Crippen LogP contribution in [-0.4, -0.2) is 71.3 Å². The number of allylic oxidation sites excluding steroid dienone is 6. The monoisotopic (exact) mass is 1010 g/mol. The summed E-state index contributed by atoms with van der Waals surface area (Å²) in [5.74, 6) is 0. The molecule has 2 N–H and O–H groups in total. The van der Waals surface area contributed by atoms with Crippen molar-refractivity contribution >= 4 is 58.5 Å². The van der Waals surface area contributed by atoms with Crippen LogP contribution in [0.1, 0.15) is 177 Å². The number of rotatable bonds is 16. The highest BCUT2D eigenvalue weighted by atomic mass is 16.6. The molecule has 0 aliphatic heterocycles. The lowest BCUT2D eigenvalue weighted by atomic mass is 10.0. The molecule has 2 aliphatic rings. The second-order valence-electron chi connectivity index (χ2n) is 23.3. The highest BCUT2D eigenvalue weighted by Gasteiger charge is 2.28. The van der Waals surface area contributed by atoms with Gasteiger partial charge < -0.3 is 18.9 Å². The average Bonchev–Trinajstić information content (AvgIpc) is 3.23. The molecular weight excluding hydrogens is 921 g/mol. The summed E-state index contributed by atoms with van der Waals surface area (Å²) in [5.41, 5.74) is 9.42. The summed E-state index contributed by atoms with van der Waals surface area (Å²) in [7, 11) is 0. The first-order valence-corrected chi connectivity index (χ1v) is 25.9. The Bertz CT molecular complexity index is 2420. The zero-order valence-electron chi connectivity index (χ0n) is 47.5. The highest BCUT2D eigenvalue weighted by molar-refractivity contribution is 6.01. The van der Waals surface area contributed by atoms with E-state index in [4.69, 9.17) is 28.9 Å². The molecule has 0 saturated carbocycles. The fourth-order valence-corrected chi connectivity index (χ4v) is 8.18. The number of unbranched alkanes of at least 4 members (excludes halogenated alkanes) is 6. The van der Waals surface area contributed by atoms with E-state index < -0.39 is 34.6 Å². The van der Waals surface area contributed by atoms with Gasteiger partial charge >= 0.3 is 24.4 Å². The normalized spacial score (nSPS) is 15.4. The first-order chi connectivity index (χ1) is 33.8. The number of hydrogen-bond acceptors (Lipinski definition) is 10. The van der Waals surface area contributed by atoms with Gasteiger partial charge in [0.1, 0.15) is 22.4 Å². The van der Waals surface area contributed by atoms with Crippen LogP contribution in [-0.2, 0) is 18.9 Å². The predicted octanol–water partition coefficient (Wildman–Crippen LogP) is 15.5. The zero-order valence-corrected chi connectivity index (χ0v) is 47.5. The van der Waals surface area contributed by atoms with E-state index in [9.17, 15) is 19.2 Å². The third-order valence-corrected chi connectivity index (χ3v) is 11.8. The summed E-state index contributed by atoms with van der Waals surface area (Å²) in [6.45, 7) is 35.2. The lowest BCUT2D eigenvalue weighted by Crippen LogP contribution is -2.38. The van der Waals surface area contributed by atoms with Crippen molar-refractivity contribution in [3.63, 3.8) is 0 Å². The Morgan fingerprint density at radius 3 is 1.30 bits per heavy atom. The van der Waals surface area contributed by atoms with Gasteiger partial charge in [-0.25, -0.2) is 19.2 Å². The first-order valence-electron chi connectivity index (χ1n) is 25.9. The largest absolute Gasteiger partial charge is 0.444 e. The fraction of sp³-hybridized carbons (Fsp3) is 0.559. The smallest absolute Gasteiger partial charge is 0.414 e. The van der Waals surface area contributed by atoms with Crippen LogP contribution in [0.3, 0.4) is 0 Å². The van der Waals surface area contributed by atoms with Crippen LogP contribution < -0.4 is 20.4 Å². The van der Waals surface area contributed by atoms with Crippen molar-refractivity contribution in [2.45, 2.75) is 205 Å². The fourth-order valence-electron chi connectivity index (χ4n) is 8.18. The number of aliphatic imine (C=N–C) groups is 2. The molecule has 0 saturated heterocycles. The number of nitrogens with zero attached hydrogens (tertiary/aromatic N) is 4. The number of carbonyl (C=O) groups is 4. The summed E-state index contributed by atoms with van der Waals surface area (Å²) in [4.78, 5) is 65.8. The third-order valence-electron chi connectivity index (χ3n) is 11.8. The van der Waals surface area contributed by atoms with E-state index in [-0.39, 0.29) is 12.2 Å². The molecule has 2 aromatic rings. The van der Waals surface area contributed by atoms with Gasteiger partial charge in [0.2, 0.25) is 0 Å². The number of alkyl carbamates (subject to hydrolysis) is 2. The molecule has 14 nitrogen and oxygen atoms in total. The molecule has 2 aliphatic carbocycles. The number of hydrogen-bond donors (Lipinski definition) is 2. The predicted molar refractivity (Wildman–Crippen MR) is 297 cm³/mol. The number of carbonyl (C=O) groups excluding carboxylic acids is 4. The molecule has 0 spiro atoms. The lowest BCUT2D eigenvalue weighted by molar-refractivity contribution is 0.0535. The molecule has 0 heterocycles. The minimum atomic E-state index is -0.657. The van der Waals surface area contributed by atoms with Crippen LogP contribution in [0, 0.1) is 27.7 Å². The van der Waals surface area contributed by atoms with E-state index in [1.54, 1.807) is 9.80 Å². The number of aryl methyl sites for hydroxylation is 2. The van der Waals surface area contributed by atoms with Crippen molar-refractivity contribution in [3.05, 3.63) is 93.4 Å². The van der Waals surface area contributed by atoms with Crippen LogP contribution in [0.25, 0.3) is 0 Å². The maximum absolute atomic E-state index is 13.7. The molecule has 400 valence electrons. The first kappa shape index (κ1) is 59.4. The van der Waals surface area contributed by atoms with Crippen LogP contribution in [0.2, 0.25) is 0 Å². The van der Waals surface area contributed by atoms with E-state index in [0.717, 1.165) is 113 Å². The Morgan fingerprint density at radius 2 is 0.890 bits per heavy atom. The van der Waals surface area contributed by atoms with Gasteiger partial charge in [0.15, 0.2) is 0 Å². The molecule has 73 heavy (non-hydrogen) atoms. The molecule has 14 heteroatoms. The molecule has 0 radical (unpaired) electrons. The number of amides is 4. The summed E-state index contributed by atoms with van der Waals surface area (Å²) in [5, 5.41) is 5.70. The Morgan fingerprint density at radius 1 is 0.493 bits per heavy atom.